The van der Waals surface area contributed by atoms with E-state index in [0.717, 1.165) is 0 Å². The minimum atomic E-state index is -0.881. The Morgan fingerprint density at radius 2 is 1.79 bits per heavy atom. The van der Waals surface area contributed by atoms with Crippen molar-refractivity contribution >= 4 is 29.1 Å². The fourth-order valence-corrected chi connectivity index (χ4v) is 2.35. The van der Waals surface area contributed by atoms with Crippen molar-refractivity contribution in [3.63, 3.8) is 0 Å². The van der Waals surface area contributed by atoms with Gasteiger partial charge in [0.05, 0.1) is 17.5 Å². The Morgan fingerprint density at radius 1 is 1.32 bits per heavy atom. The molecule has 1 amide bonds. The van der Waals surface area contributed by atoms with Crippen LogP contribution in [0.4, 0.5) is 0 Å². The van der Waals surface area contributed by atoms with Crippen molar-refractivity contribution in [1.82, 2.24) is 4.90 Å². The number of ether oxygens (including phenoxy) is 1. The Labute approximate surface area is 120 Å². The Kier molecular flexibility index (Phi) is 6.97. The molecule has 0 aliphatic rings. The molecule has 0 heterocycles. The van der Waals surface area contributed by atoms with Gasteiger partial charge in [-0.25, -0.2) is 0 Å². The van der Waals surface area contributed by atoms with E-state index in [4.69, 9.17) is 18.0 Å². The van der Waals surface area contributed by atoms with Crippen LogP contribution in [0, 0.1) is 5.41 Å². The summed E-state index contributed by atoms with van der Waals surface area (Å²) in [5, 5.41) is 0. The van der Waals surface area contributed by atoms with Crippen LogP contribution in [0.5, 0.6) is 0 Å². The van der Waals surface area contributed by atoms with Gasteiger partial charge in [0, 0.05) is 6.04 Å². The van der Waals surface area contributed by atoms with Crippen molar-refractivity contribution < 1.29 is 14.3 Å². The molecule has 0 aromatic heterocycles. The predicted octanol–water partition coefficient (Wildman–Crippen LogP) is 1.49. The summed E-state index contributed by atoms with van der Waals surface area (Å²) in [6.07, 6.45) is 1.03. The first-order chi connectivity index (χ1) is 8.76. The molecule has 0 aliphatic heterocycles. The summed E-state index contributed by atoms with van der Waals surface area (Å²) in [6, 6.07) is -0.126. The summed E-state index contributed by atoms with van der Waals surface area (Å²) in [5.41, 5.74) is 4.88. The van der Waals surface area contributed by atoms with Crippen molar-refractivity contribution in [2.75, 3.05) is 13.7 Å². The second-order valence-corrected chi connectivity index (χ2v) is 5.20. The summed E-state index contributed by atoms with van der Waals surface area (Å²) in [4.78, 5) is 25.8. The molecule has 0 saturated heterocycles. The minimum absolute atomic E-state index is 0.0859. The van der Waals surface area contributed by atoms with Crippen LogP contribution in [0.2, 0.25) is 0 Å². The maximum absolute atomic E-state index is 12.7. The van der Waals surface area contributed by atoms with E-state index in [0.29, 0.717) is 12.8 Å². The largest absolute Gasteiger partial charge is 0.468 e. The third-order valence-corrected chi connectivity index (χ3v) is 3.89. The zero-order valence-electron chi connectivity index (χ0n) is 12.4. The molecule has 0 rings (SSSR count). The zero-order valence-corrected chi connectivity index (χ0v) is 13.2. The van der Waals surface area contributed by atoms with Crippen molar-refractivity contribution in [3.05, 3.63) is 0 Å². The second kappa shape index (κ2) is 7.43. The second-order valence-electron chi connectivity index (χ2n) is 4.76. The van der Waals surface area contributed by atoms with E-state index in [1.807, 2.05) is 27.7 Å². The number of rotatable bonds is 7. The molecule has 0 aromatic carbocycles. The van der Waals surface area contributed by atoms with Gasteiger partial charge in [-0.1, -0.05) is 26.1 Å². The molecule has 0 spiro atoms. The maximum atomic E-state index is 12.7. The molecule has 0 saturated carbocycles. The molecular weight excluding hydrogens is 264 g/mol. The van der Waals surface area contributed by atoms with Crippen LogP contribution in [0.1, 0.15) is 40.5 Å². The maximum Gasteiger partial charge on any atom is 0.325 e. The van der Waals surface area contributed by atoms with Gasteiger partial charge in [-0.3, -0.25) is 9.59 Å². The fraction of sp³-hybridized carbons (Fsp3) is 0.769. The SMILES string of the molecule is CCC(CC)(C(=O)N(CC(=O)OC)C(C)C)C(N)=S. The third kappa shape index (κ3) is 3.89. The van der Waals surface area contributed by atoms with Crippen molar-refractivity contribution in [2.45, 2.75) is 46.6 Å². The lowest BCUT2D eigenvalue weighted by Gasteiger charge is -2.36. The van der Waals surface area contributed by atoms with Crippen molar-refractivity contribution in [2.24, 2.45) is 11.1 Å². The van der Waals surface area contributed by atoms with Crippen molar-refractivity contribution in [3.8, 4) is 0 Å². The number of amides is 1. The molecule has 19 heavy (non-hydrogen) atoms. The molecule has 110 valence electrons. The number of thiocarbonyl (C=S) groups is 1. The van der Waals surface area contributed by atoms with Crippen LogP contribution in [-0.4, -0.2) is 41.5 Å². The van der Waals surface area contributed by atoms with Gasteiger partial charge >= 0.3 is 5.97 Å². The normalized spacial score (nSPS) is 11.3. The van der Waals surface area contributed by atoms with E-state index in [2.05, 4.69) is 4.74 Å². The van der Waals surface area contributed by atoms with Crippen LogP contribution in [0.3, 0.4) is 0 Å². The number of nitrogens with two attached hydrogens (primary N) is 1. The highest BCUT2D eigenvalue weighted by Gasteiger charge is 2.42. The smallest absolute Gasteiger partial charge is 0.325 e. The minimum Gasteiger partial charge on any atom is -0.468 e. The average Bonchev–Trinajstić information content (AvgIpc) is 2.36. The van der Waals surface area contributed by atoms with Crippen LogP contribution >= 0.6 is 12.2 Å². The van der Waals surface area contributed by atoms with Crippen LogP contribution in [0.15, 0.2) is 0 Å². The average molecular weight is 288 g/mol. The highest BCUT2D eigenvalue weighted by molar-refractivity contribution is 7.80. The Bertz CT molecular complexity index is 352. The summed E-state index contributed by atoms with van der Waals surface area (Å²) in [5.74, 6) is -0.656. The molecule has 0 atom stereocenters. The standard InChI is InChI=1S/C13H24N2O3S/c1-6-13(7-2,11(14)19)12(17)15(9(3)4)8-10(16)18-5/h9H,6-8H2,1-5H3,(H2,14,19). The fourth-order valence-electron chi connectivity index (χ4n) is 1.97. The highest BCUT2D eigenvalue weighted by Crippen LogP contribution is 2.30. The molecule has 0 aromatic rings. The molecule has 0 unspecified atom stereocenters. The van der Waals surface area contributed by atoms with Crippen molar-refractivity contribution in [1.29, 1.82) is 0 Å². The third-order valence-electron chi connectivity index (χ3n) is 3.50. The van der Waals surface area contributed by atoms with Gasteiger partial charge in [-0.15, -0.1) is 0 Å². The molecular formula is C13H24N2O3S. The Balaban J connectivity index is 5.38. The molecule has 0 radical (unpaired) electrons. The van der Waals surface area contributed by atoms with Gasteiger partial charge in [-0.05, 0) is 26.7 Å². The molecule has 0 fully saturated rings. The number of carbonyl (C=O) groups excluding carboxylic acids is 2. The van der Waals surface area contributed by atoms with Gasteiger partial charge in [0.1, 0.15) is 6.54 Å². The number of hydrogen-bond acceptors (Lipinski definition) is 4. The Morgan fingerprint density at radius 3 is 2.05 bits per heavy atom. The van der Waals surface area contributed by atoms with E-state index in [9.17, 15) is 9.59 Å². The Hall–Kier alpha value is -1.17. The summed E-state index contributed by atoms with van der Waals surface area (Å²) in [7, 11) is 1.30. The van der Waals surface area contributed by atoms with Crippen LogP contribution < -0.4 is 5.73 Å². The van der Waals surface area contributed by atoms with Gasteiger partial charge in [0.15, 0.2) is 0 Å². The first-order valence-electron chi connectivity index (χ1n) is 6.44. The number of hydrogen-bond donors (Lipinski definition) is 1. The lowest BCUT2D eigenvalue weighted by Crippen LogP contribution is -2.53. The van der Waals surface area contributed by atoms with Gasteiger partial charge in [0.2, 0.25) is 5.91 Å². The lowest BCUT2D eigenvalue weighted by atomic mass is 9.80. The lowest BCUT2D eigenvalue weighted by molar-refractivity contribution is -0.151. The van der Waals surface area contributed by atoms with Gasteiger partial charge < -0.3 is 15.4 Å². The molecule has 5 nitrogen and oxygen atoms in total. The number of carbonyl (C=O) groups is 2. The van der Waals surface area contributed by atoms with Crippen LogP contribution in [-0.2, 0) is 14.3 Å². The molecule has 0 aliphatic carbocycles. The quantitative estimate of drug-likeness (QED) is 0.567. The number of esters is 1. The summed E-state index contributed by atoms with van der Waals surface area (Å²) < 4.78 is 4.62. The molecule has 6 heteroatoms. The highest BCUT2D eigenvalue weighted by atomic mass is 32.1. The number of nitrogens with zero attached hydrogens (tertiary/aromatic N) is 1. The molecule has 0 bridgehead atoms. The van der Waals surface area contributed by atoms with E-state index in [-0.39, 0.29) is 23.5 Å². The van der Waals surface area contributed by atoms with Gasteiger partial charge in [-0.2, -0.15) is 0 Å². The first kappa shape index (κ1) is 17.8. The van der Waals surface area contributed by atoms with Crippen LogP contribution in [0.25, 0.3) is 0 Å². The summed E-state index contributed by atoms with van der Waals surface area (Å²) in [6.45, 7) is 7.35. The molecule has 2 N–H and O–H groups in total. The van der Waals surface area contributed by atoms with Gasteiger partial charge in [0.25, 0.3) is 0 Å². The number of methoxy groups -OCH3 is 1. The van der Waals surface area contributed by atoms with E-state index < -0.39 is 11.4 Å². The monoisotopic (exact) mass is 288 g/mol. The van der Waals surface area contributed by atoms with E-state index in [1.54, 1.807) is 0 Å². The summed E-state index contributed by atoms with van der Waals surface area (Å²) >= 11 is 5.07. The van der Waals surface area contributed by atoms with E-state index in [1.165, 1.54) is 12.0 Å². The van der Waals surface area contributed by atoms with E-state index >= 15 is 0 Å². The topological polar surface area (TPSA) is 72.6 Å². The predicted molar refractivity (Wildman–Crippen MR) is 78.7 cm³/mol. The zero-order chi connectivity index (χ0) is 15.2. The first-order valence-corrected chi connectivity index (χ1v) is 6.85.